The molecule has 1 aromatic rings. The number of hydrogen-bond acceptors (Lipinski definition) is 13. The number of aliphatic carboxylic acids is 1. The van der Waals surface area contributed by atoms with Gasteiger partial charge in [-0.3, -0.25) is 52.7 Å². The summed E-state index contributed by atoms with van der Waals surface area (Å²) in [5.41, 5.74) is 16.7. The smallest absolute Gasteiger partial charge is 0.322 e. The lowest BCUT2D eigenvalue weighted by Crippen LogP contribution is -2.57. The maximum Gasteiger partial charge on any atom is 0.322 e. The molecule has 1 saturated heterocycles. The minimum atomic E-state index is -4.38. The molecule has 1 aliphatic heterocycles. The van der Waals surface area contributed by atoms with Crippen molar-refractivity contribution in [2.45, 2.75) is 123 Å². The topological polar surface area (TPSA) is 409 Å². The summed E-state index contributed by atoms with van der Waals surface area (Å²) in [5, 5.41) is 36.3. The number of benzene rings is 1. The average Bonchev–Trinajstić information content (AvgIpc) is 3.77. The van der Waals surface area contributed by atoms with Gasteiger partial charge in [0.1, 0.15) is 42.5 Å². The lowest BCUT2D eigenvalue weighted by molar-refractivity contribution is -0.139. The van der Waals surface area contributed by atoms with Crippen LogP contribution in [0.4, 0.5) is 0 Å². The number of likely N-dealkylation sites (tertiary alicyclic amines) is 1. The van der Waals surface area contributed by atoms with Gasteiger partial charge in [0.05, 0.1) is 18.9 Å². The molecule has 25 nitrogen and oxygen atoms in total. The number of carbonyl (C=O) groups excluding carboxylic acids is 8. The van der Waals surface area contributed by atoms with Crippen molar-refractivity contribution in [2.24, 2.45) is 39.9 Å². The van der Waals surface area contributed by atoms with Crippen LogP contribution in [-0.4, -0.2) is 154 Å². The number of aliphatic imine (C=N–C) groups is 1. The molecule has 26 heteroatoms. The standard InChI is InChI=1S/C44H73N12O13P/c1-24(2)17-29(22-70(68,69)23-51-41(65)32(18-25(3)4)55-43(67)34-10-8-16-56(34)35(58)20-49-37(61)26(5)45)39(63)54-33(19-28-11-13-30(57)14-12-28)42(66)52-27(6)38(62)53-31(9-7-15-48-44(46)47)40(64)50-21-36(59)60/h11-14,24-27,29,31-34,57H,7-10,15-23,45H2,1-6H3,(H,49,61)(H,50,64)(H,51,65)(H,52,66)(H,53,62)(H,54,63)(H,55,67)(H,59,60)(H,68,69)(H4,46,47,48)/t26-,27-,29+,31-,32-,33-,34-/m0/s1. The van der Waals surface area contributed by atoms with Crippen molar-refractivity contribution in [1.82, 2.24) is 42.1 Å². The van der Waals surface area contributed by atoms with Crippen molar-refractivity contribution >= 4 is 66.6 Å². The van der Waals surface area contributed by atoms with E-state index in [1.54, 1.807) is 27.7 Å². The number of nitrogens with zero attached hydrogens (tertiary/aromatic N) is 2. The van der Waals surface area contributed by atoms with E-state index in [-0.39, 0.29) is 75.3 Å². The number of carbonyl (C=O) groups is 9. The summed E-state index contributed by atoms with van der Waals surface area (Å²) < 4.78 is 13.8. The maximum absolute atomic E-state index is 14.1. The molecule has 1 heterocycles. The minimum absolute atomic E-state index is 0.0127. The van der Waals surface area contributed by atoms with Crippen LogP contribution in [0.2, 0.25) is 0 Å². The second-order valence-electron chi connectivity index (χ2n) is 18.3. The predicted molar refractivity (Wildman–Crippen MR) is 257 cm³/mol. The number of nitrogens with two attached hydrogens (primary N) is 3. The monoisotopic (exact) mass is 1010 g/mol. The molecule has 0 aliphatic carbocycles. The van der Waals surface area contributed by atoms with E-state index in [1.807, 2.05) is 0 Å². The molecule has 0 bridgehead atoms. The molecular formula is C44H73N12O13P. The first-order chi connectivity index (χ1) is 32.7. The number of hydrogen-bond donors (Lipinski definition) is 13. The molecule has 0 aromatic heterocycles. The molecule has 16 N–H and O–H groups in total. The van der Waals surface area contributed by atoms with E-state index in [2.05, 4.69) is 42.2 Å². The maximum atomic E-state index is 14.1. The first kappa shape index (κ1) is 59.8. The zero-order valence-corrected chi connectivity index (χ0v) is 41.6. The summed E-state index contributed by atoms with van der Waals surface area (Å²) in [7, 11) is -4.38. The molecule has 1 aliphatic rings. The van der Waals surface area contributed by atoms with Gasteiger partial charge in [0.15, 0.2) is 5.96 Å². The SMILES string of the molecule is CC(C)C[C@H](CP(=O)(O)CNC(=O)[C@H](CC(C)C)NC(=O)[C@@H]1CCCN1C(=O)CNC(=O)[C@H](C)N)C(=O)N[C@@H](Cc1ccc(O)cc1)C(=O)N[C@@H](C)C(=O)N[C@@H](CCCN=C(N)N)C(=O)NCC(=O)O. The molecule has 1 fully saturated rings. The van der Waals surface area contributed by atoms with Crippen LogP contribution in [0.5, 0.6) is 5.75 Å². The Kier molecular flexibility index (Phi) is 24.8. The fraction of sp³-hybridized carbons (Fsp3) is 0.636. The molecule has 70 heavy (non-hydrogen) atoms. The van der Waals surface area contributed by atoms with Crippen molar-refractivity contribution in [2.75, 3.05) is 38.6 Å². The van der Waals surface area contributed by atoms with Crippen LogP contribution in [0.1, 0.15) is 85.6 Å². The summed E-state index contributed by atoms with van der Waals surface area (Å²) >= 11 is 0. The normalized spacial score (nSPS) is 16.8. The number of aromatic hydroxyl groups is 1. The summed E-state index contributed by atoms with van der Waals surface area (Å²) in [5.74, 6) is -8.87. The number of carboxylic acid groups (broad SMARTS) is 1. The van der Waals surface area contributed by atoms with Crippen LogP contribution in [-0.2, 0) is 54.1 Å². The van der Waals surface area contributed by atoms with Gasteiger partial charge in [-0.2, -0.15) is 0 Å². The highest BCUT2D eigenvalue weighted by molar-refractivity contribution is 7.58. The van der Waals surface area contributed by atoms with Crippen molar-refractivity contribution in [1.29, 1.82) is 0 Å². The van der Waals surface area contributed by atoms with E-state index < -0.39 is 122 Å². The highest BCUT2D eigenvalue weighted by Crippen LogP contribution is 2.42. The quantitative estimate of drug-likeness (QED) is 0.0173. The molecule has 0 radical (unpaired) electrons. The highest BCUT2D eigenvalue weighted by Gasteiger charge is 2.38. The van der Waals surface area contributed by atoms with Crippen LogP contribution in [0, 0.1) is 17.8 Å². The second-order valence-corrected chi connectivity index (χ2v) is 20.7. The number of carboxylic acids is 1. The molecular weight excluding hydrogens is 936 g/mol. The number of nitrogens with one attached hydrogen (secondary N) is 7. The Labute approximate surface area is 407 Å². The number of phenols is 1. The molecule has 0 spiro atoms. The summed E-state index contributed by atoms with van der Waals surface area (Å²) in [6, 6.07) is -1.20. The van der Waals surface area contributed by atoms with Gasteiger partial charge >= 0.3 is 5.97 Å². The zero-order chi connectivity index (χ0) is 52.9. The van der Waals surface area contributed by atoms with E-state index in [4.69, 9.17) is 22.3 Å². The Hall–Kier alpha value is -6.33. The van der Waals surface area contributed by atoms with Crippen molar-refractivity contribution in [3.8, 4) is 5.75 Å². The van der Waals surface area contributed by atoms with Gasteiger partial charge in [-0.25, -0.2) is 0 Å². The summed E-state index contributed by atoms with van der Waals surface area (Å²) in [6.07, 6.45) is -0.386. The number of amides is 8. The number of rotatable bonds is 29. The van der Waals surface area contributed by atoms with Crippen LogP contribution in [0.15, 0.2) is 29.3 Å². The van der Waals surface area contributed by atoms with Gasteiger partial charge in [0, 0.05) is 31.6 Å². The molecule has 0 saturated carbocycles. The van der Waals surface area contributed by atoms with Gasteiger partial charge in [0.25, 0.3) is 0 Å². The largest absolute Gasteiger partial charge is 0.508 e. The van der Waals surface area contributed by atoms with Gasteiger partial charge < -0.3 is 74.4 Å². The molecule has 8 atom stereocenters. The second kappa shape index (κ2) is 29.0. The van der Waals surface area contributed by atoms with E-state index in [1.165, 1.54) is 43.0 Å². The zero-order valence-electron chi connectivity index (χ0n) is 40.7. The first-order valence-electron chi connectivity index (χ1n) is 23.1. The van der Waals surface area contributed by atoms with Crippen LogP contribution in [0.3, 0.4) is 0 Å². The fourth-order valence-corrected chi connectivity index (χ4v) is 8.94. The Morgan fingerprint density at radius 2 is 1.36 bits per heavy atom. The molecule has 2 rings (SSSR count). The van der Waals surface area contributed by atoms with Gasteiger partial charge in [-0.05, 0) is 81.9 Å². The Balaban J connectivity index is 2.25. The van der Waals surface area contributed by atoms with Crippen LogP contribution >= 0.6 is 7.37 Å². The lowest BCUT2D eigenvalue weighted by atomic mass is 9.97. The first-order valence-corrected chi connectivity index (χ1v) is 25.2. The third kappa shape index (κ3) is 22.0. The third-order valence-electron chi connectivity index (χ3n) is 10.9. The van der Waals surface area contributed by atoms with Crippen LogP contribution < -0.4 is 54.4 Å². The third-order valence-corrected chi connectivity index (χ3v) is 12.6. The highest BCUT2D eigenvalue weighted by atomic mass is 31.2. The summed E-state index contributed by atoms with van der Waals surface area (Å²) in [6.45, 7) is 9.16. The molecule has 8 amide bonds. The lowest BCUT2D eigenvalue weighted by Gasteiger charge is -2.28. The Morgan fingerprint density at radius 3 is 1.94 bits per heavy atom. The van der Waals surface area contributed by atoms with Gasteiger partial charge in [0.2, 0.25) is 54.6 Å². The van der Waals surface area contributed by atoms with E-state index in [0.717, 1.165) is 0 Å². The Morgan fingerprint density at radius 1 is 0.757 bits per heavy atom. The van der Waals surface area contributed by atoms with Crippen molar-refractivity contribution in [3.63, 3.8) is 0 Å². The minimum Gasteiger partial charge on any atom is -0.508 e. The molecule has 1 unspecified atom stereocenters. The van der Waals surface area contributed by atoms with Gasteiger partial charge in [-0.15, -0.1) is 0 Å². The molecule has 1 aromatic carbocycles. The van der Waals surface area contributed by atoms with Crippen molar-refractivity contribution < 1.29 is 62.8 Å². The van der Waals surface area contributed by atoms with Crippen molar-refractivity contribution in [3.05, 3.63) is 29.8 Å². The Bertz CT molecular complexity index is 2070. The van der Waals surface area contributed by atoms with Gasteiger partial charge in [-0.1, -0.05) is 39.8 Å². The fourth-order valence-electron chi connectivity index (χ4n) is 7.40. The van der Waals surface area contributed by atoms with E-state index >= 15 is 0 Å². The van der Waals surface area contributed by atoms with Crippen LogP contribution in [0.25, 0.3) is 0 Å². The molecule has 392 valence electrons. The average molecular weight is 1010 g/mol. The number of phenolic OH excluding ortho intramolecular Hbond substituents is 1. The van der Waals surface area contributed by atoms with E-state index in [9.17, 15) is 57.7 Å². The predicted octanol–water partition coefficient (Wildman–Crippen LogP) is -2.34. The number of guanidine groups is 1. The van der Waals surface area contributed by atoms with E-state index in [0.29, 0.717) is 18.4 Å². The summed E-state index contributed by atoms with van der Waals surface area (Å²) in [4.78, 5) is 134.